The van der Waals surface area contributed by atoms with E-state index in [1.54, 1.807) is 0 Å². The molecule has 2 aliphatic carbocycles. The topological polar surface area (TPSA) is 3.24 Å². The fourth-order valence-electron chi connectivity index (χ4n) is 9.39. The predicted octanol–water partition coefficient (Wildman–Crippen LogP) is 15.8. The first kappa shape index (κ1) is 37.4. The highest BCUT2D eigenvalue weighted by Gasteiger charge is 2.53. The molecule has 57 heavy (non-hydrogen) atoms. The number of anilines is 3. The van der Waals surface area contributed by atoms with E-state index in [0.29, 0.717) is 0 Å². The number of rotatable bonds is 4. The zero-order valence-corrected chi connectivity index (χ0v) is 36.3. The minimum absolute atomic E-state index is 0.00602. The second-order valence-corrected chi connectivity index (χ2v) is 20.1. The van der Waals surface area contributed by atoms with Crippen molar-refractivity contribution < 1.29 is 0 Å². The maximum atomic E-state index is 4.05. The van der Waals surface area contributed by atoms with Crippen LogP contribution in [-0.4, -0.2) is 0 Å². The molecule has 1 spiro atoms. The summed E-state index contributed by atoms with van der Waals surface area (Å²) in [5, 5.41) is 0. The van der Waals surface area contributed by atoms with Crippen molar-refractivity contribution in [1.82, 2.24) is 0 Å². The quantitative estimate of drug-likeness (QED) is 0.171. The lowest BCUT2D eigenvalue weighted by atomic mass is 9.70. The summed E-state index contributed by atoms with van der Waals surface area (Å²) in [4.78, 5) is 2.54. The van der Waals surface area contributed by atoms with Crippen molar-refractivity contribution in [2.45, 2.75) is 84.0 Å². The molecule has 0 saturated carbocycles. The monoisotopic (exact) mass is 805 g/mol. The van der Waals surface area contributed by atoms with Gasteiger partial charge in [0.15, 0.2) is 0 Å². The van der Waals surface area contributed by atoms with Crippen molar-refractivity contribution in [3.8, 4) is 33.4 Å². The van der Waals surface area contributed by atoms with Crippen LogP contribution in [-0.2, 0) is 21.7 Å². The molecule has 2 heteroatoms. The van der Waals surface area contributed by atoms with E-state index < -0.39 is 5.41 Å². The molecule has 0 bridgehead atoms. The van der Waals surface area contributed by atoms with E-state index in [1.165, 1.54) is 78.0 Å². The number of benzene rings is 7. The Hall–Kier alpha value is -5.18. The first-order chi connectivity index (χ1) is 27.1. The summed E-state index contributed by atoms with van der Waals surface area (Å²) in [5.41, 5.74) is 19.9. The molecule has 0 saturated heterocycles. The lowest BCUT2D eigenvalue weighted by Crippen LogP contribution is -2.28. The Morgan fingerprint density at radius 1 is 0.404 bits per heavy atom. The van der Waals surface area contributed by atoms with Gasteiger partial charge in [0.25, 0.3) is 0 Å². The molecule has 0 unspecified atom stereocenters. The van der Waals surface area contributed by atoms with Gasteiger partial charge in [0, 0.05) is 21.4 Å². The second kappa shape index (κ2) is 13.2. The van der Waals surface area contributed by atoms with Crippen molar-refractivity contribution in [2.24, 2.45) is 0 Å². The Morgan fingerprint density at radius 3 is 1.42 bits per heavy atom. The smallest absolute Gasteiger partial charge is 0.0746 e. The highest BCUT2D eigenvalue weighted by Crippen LogP contribution is 2.65. The van der Waals surface area contributed by atoms with E-state index in [-0.39, 0.29) is 16.2 Å². The van der Waals surface area contributed by atoms with Crippen LogP contribution in [0.2, 0.25) is 0 Å². The Morgan fingerprint density at radius 2 is 0.877 bits per heavy atom. The molecular formula is C55H52BrN. The summed E-state index contributed by atoms with van der Waals surface area (Å²) in [6, 6.07) is 57.7. The number of hydrogen-bond acceptors (Lipinski definition) is 1. The molecule has 9 rings (SSSR count). The molecule has 7 aromatic rings. The van der Waals surface area contributed by atoms with Gasteiger partial charge >= 0.3 is 0 Å². The summed E-state index contributed by atoms with van der Waals surface area (Å²) >= 11 is 4.05. The van der Waals surface area contributed by atoms with E-state index >= 15 is 0 Å². The molecule has 284 valence electrons. The Bertz CT molecular complexity index is 2620. The van der Waals surface area contributed by atoms with Crippen LogP contribution >= 0.6 is 15.9 Å². The zero-order valence-electron chi connectivity index (χ0n) is 34.8. The number of nitrogens with zero attached hydrogens (tertiary/aromatic N) is 1. The SMILES string of the molecule is CC(C)(C)c1cccc(N(c2cc(Br)cc(-c3cc(C(C)(C)C)cc(C(C)(C)C)c3)c2)c2cccc3c2C2(c4ccccc4-c4ccccc42)c2ccccc2-3)c1. The molecular weight excluding hydrogens is 755 g/mol. The van der Waals surface area contributed by atoms with Gasteiger partial charge in [-0.1, -0.05) is 194 Å². The standard InChI is InChI=1S/C55H52BrN/c1-52(2,3)37-18-16-19-41(33-37)57(42-31-36(30-40(56)34-42)35-28-38(53(4,5)6)32-39(29-35)54(7,8)9)50-27-17-23-46-45-22-12-15-26-49(45)55(51(46)50)47-24-13-10-20-43(47)44-21-11-14-25-48(44)55/h10-34H,1-9H3. The van der Waals surface area contributed by atoms with Gasteiger partial charge < -0.3 is 4.90 Å². The van der Waals surface area contributed by atoms with Crippen LogP contribution in [0, 0.1) is 0 Å². The first-order valence-electron chi connectivity index (χ1n) is 20.4. The maximum Gasteiger partial charge on any atom is 0.0746 e. The fourth-order valence-corrected chi connectivity index (χ4v) is 9.87. The zero-order chi connectivity index (χ0) is 40.1. The lowest BCUT2D eigenvalue weighted by molar-refractivity contribution is 0.569. The van der Waals surface area contributed by atoms with Crippen molar-refractivity contribution in [2.75, 3.05) is 4.90 Å². The molecule has 0 atom stereocenters. The van der Waals surface area contributed by atoms with Crippen molar-refractivity contribution in [3.63, 3.8) is 0 Å². The van der Waals surface area contributed by atoms with Gasteiger partial charge in [-0.25, -0.2) is 0 Å². The summed E-state index contributed by atoms with van der Waals surface area (Å²) in [5.74, 6) is 0. The van der Waals surface area contributed by atoms with Crippen LogP contribution in [0.4, 0.5) is 17.1 Å². The van der Waals surface area contributed by atoms with Crippen molar-refractivity contribution >= 4 is 33.0 Å². The summed E-state index contributed by atoms with van der Waals surface area (Å²) in [6.45, 7) is 20.8. The Labute approximate surface area is 348 Å². The van der Waals surface area contributed by atoms with Gasteiger partial charge in [-0.15, -0.1) is 0 Å². The van der Waals surface area contributed by atoms with Crippen LogP contribution in [0.1, 0.15) is 101 Å². The maximum absolute atomic E-state index is 4.05. The van der Waals surface area contributed by atoms with Crippen molar-refractivity contribution in [3.05, 3.63) is 195 Å². The third kappa shape index (κ3) is 6.02. The molecule has 0 heterocycles. The largest absolute Gasteiger partial charge is 0.310 e. The normalized spacial score (nSPS) is 13.9. The molecule has 2 aliphatic rings. The lowest BCUT2D eigenvalue weighted by Gasteiger charge is -2.36. The highest BCUT2D eigenvalue weighted by molar-refractivity contribution is 9.10. The minimum Gasteiger partial charge on any atom is -0.310 e. The van der Waals surface area contributed by atoms with Crippen molar-refractivity contribution in [1.29, 1.82) is 0 Å². The van der Waals surface area contributed by atoms with Gasteiger partial charge in [-0.05, 0) is 119 Å². The molecule has 0 fully saturated rings. The average Bonchev–Trinajstić information content (AvgIpc) is 3.65. The molecule has 0 radical (unpaired) electrons. The fraction of sp³-hybridized carbons (Fsp3) is 0.236. The van der Waals surface area contributed by atoms with Gasteiger partial charge in [0.2, 0.25) is 0 Å². The minimum atomic E-state index is -0.493. The van der Waals surface area contributed by atoms with E-state index in [2.05, 4.69) is 235 Å². The Kier molecular flexibility index (Phi) is 8.65. The molecule has 0 aromatic heterocycles. The first-order valence-corrected chi connectivity index (χ1v) is 21.2. The van der Waals surface area contributed by atoms with Crippen LogP contribution in [0.5, 0.6) is 0 Å². The summed E-state index contributed by atoms with van der Waals surface area (Å²) < 4.78 is 1.05. The van der Waals surface area contributed by atoms with E-state index in [4.69, 9.17) is 0 Å². The van der Waals surface area contributed by atoms with E-state index in [1.807, 2.05) is 0 Å². The number of fused-ring (bicyclic) bond motifs is 10. The van der Waals surface area contributed by atoms with Crippen LogP contribution in [0.25, 0.3) is 33.4 Å². The van der Waals surface area contributed by atoms with E-state index in [0.717, 1.165) is 15.8 Å². The average molecular weight is 807 g/mol. The van der Waals surface area contributed by atoms with Gasteiger partial charge in [0.1, 0.15) is 0 Å². The third-order valence-electron chi connectivity index (χ3n) is 12.3. The molecule has 1 nitrogen and oxygen atoms in total. The van der Waals surface area contributed by atoms with Gasteiger partial charge in [0.05, 0.1) is 11.1 Å². The van der Waals surface area contributed by atoms with Crippen LogP contribution in [0.3, 0.4) is 0 Å². The molecule has 7 aromatic carbocycles. The number of halogens is 1. The van der Waals surface area contributed by atoms with Gasteiger partial charge in [-0.3, -0.25) is 0 Å². The molecule has 0 amide bonds. The molecule has 0 aliphatic heterocycles. The third-order valence-corrected chi connectivity index (χ3v) is 12.8. The summed E-state index contributed by atoms with van der Waals surface area (Å²) in [7, 11) is 0. The Balaban J connectivity index is 1.37. The highest BCUT2D eigenvalue weighted by atomic mass is 79.9. The predicted molar refractivity (Wildman–Crippen MR) is 247 cm³/mol. The van der Waals surface area contributed by atoms with Crippen LogP contribution in [0.15, 0.2) is 156 Å². The number of hydrogen-bond donors (Lipinski definition) is 0. The van der Waals surface area contributed by atoms with Gasteiger partial charge in [-0.2, -0.15) is 0 Å². The second-order valence-electron chi connectivity index (χ2n) is 19.2. The van der Waals surface area contributed by atoms with Crippen LogP contribution < -0.4 is 4.90 Å². The van der Waals surface area contributed by atoms with E-state index in [9.17, 15) is 0 Å². The summed E-state index contributed by atoms with van der Waals surface area (Å²) in [6.07, 6.45) is 0. The molecule has 0 N–H and O–H groups in total.